The maximum atomic E-state index is 5.94. The van der Waals surface area contributed by atoms with E-state index in [0.29, 0.717) is 12.5 Å². The van der Waals surface area contributed by atoms with Gasteiger partial charge in [0, 0.05) is 42.9 Å². The normalized spacial score (nSPS) is 18.1. The highest BCUT2D eigenvalue weighted by Gasteiger charge is 2.27. The number of ether oxygens (including phenoxy) is 1. The van der Waals surface area contributed by atoms with E-state index in [9.17, 15) is 0 Å². The molecule has 3 rings (SSSR count). The third-order valence-electron chi connectivity index (χ3n) is 5.14. The summed E-state index contributed by atoms with van der Waals surface area (Å²) < 4.78 is 5.94. The molecular formula is C22H31N3OS. The first-order chi connectivity index (χ1) is 13.1. The van der Waals surface area contributed by atoms with Crippen LogP contribution in [0, 0.1) is 5.92 Å². The van der Waals surface area contributed by atoms with E-state index in [1.807, 2.05) is 24.5 Å². The van der Waals surface area contributed by atoms with Gasteiger partial charge in [-0.2, -0.15) is 0 Å². The van der Waals surface area contributed by atoms with Crippen molar-refractivity contribution in [2.75, 3.05) is 33.3 Å². The molecule has 0 aliphatic carbocycles. The first kappa shape index (κ1) is 19.9. The van der Waals surface area contributed by atoms with E-state index >= 15 is 0 Å². The van der Waals surface area contributed by atoms with Crippen LogP contribution in [0.15, 0.2) is 52.8 Å². The van der Waals surface area contributed by atoms with Gasteiger partial charge in [-0.15, -0.1) is 11.3 Å². The second-order valence-corrected chi connectivity index (χ2v) is 8.81. The van der Waals surface area contributed by atoms with Crippen LogP contribution in [0.4, 0.5) is 0 Å². The van der Waals surface area contributed by atoms with Crippen LogP contribution in [0.3, 0.4) is 0 Å². The minimum atomic E-state index is 0.0992. The van der Waals surface area contributed by atoms with E-state index in [2.05, 4.69) is 70.8 Å². The van der Waals surface area contributed by atoms with Gasteiger partial charge in [-0.1, -0.05) is 50.2 Å². The van der Waals surface area contributed by atoms with Crippen LogP contribution in [0.25, 0.3) is 0 Å². The second-order valence-electron chi connectivity index (χ2n) is 7.86. The van der Waals surface area contributed by atoms with Crippen LogP contribution in [0.2, 0.25) is 0 Å². The molecule has 0 spiro atoms. The van der Waals surface area contributed by atoms with Gasteiger partial charge in [0.15, 0.2) is 5.96 Å². The third-order valence-corrected chi connectivity index (χ3v) is 6.37. The molecule has 4 nitrogen and oxygen atoms in total. The molecule has 5 heteroatoms. The number of guanidine groups is 1. The Kier molecular flexibility index (Phi) is 6.91. The fourth-order valence-corrected chi connectivity index (χ4v) is 4.31. The monoisotopic (exact) mass is 385 g/mol. The zero-order chi connectivity index (χ0) is 19.1. The number of nitrogens with one attached hydrogen (secondary N) is 1. The number of hydrogen-bond acceptors (Lipinski definition) is 3. The van der Waals surface area contributed by atoms with Gasteiger partial charge < -0.3 is 15.0 Å². The number of likely N-dealkylation sites (tertiary alicyclic amines) is 1. The van der Waals surface area contributed by atoms with Gasteiger partial charge in [0.2, 0.25) is 0 Å². The Morgan fingerprint density at radius 2 is 2.07 bits per heavy atom. The zero-order valence-corrected chi connectivity index (χ0v) is 17.5. The molecule has 146 valence electrons. The molecule has 1 unspecified atom stereocenters. The molecule has 1 aliphatic heterocycles. The van der Waals surface area contributed by atoms with Crippen molar-refractivity contribution in [1.82, 2.24) is 10.2 Å². The van der Waals surface area contributed by atoms with Crippen LogP contribution < -0.4 is 5.32 Å². The summed E-state index contributed by atoms with van der Waals surface area (Å²) in [5.41, 5.74) is 1.34. The van der Waals surface area contributed by atoms with E-state index in [4.69, 9.17) is 4.74 Å². The predicted molar refractivity (Wildman–Crippen MR) is 114 cm³/mol. The number of benzene rings is 1. The van der Waals surface area contributed by atoms with Crippen molar-refractivity contribution < 1.29 is 4.74 Å². The zero-order valence-electron chi connectivity index (χ0n) is 16.6. The summed E-state index contributed by atoms with van der Waals surface area (Å²) in [6, 6.07) is 14.7. The van der Waals surface area contributed by atoms with Gasteiger partial charge in [0.05, 0.1) is 13.2 Å². The highest BCUT2D eigenvalue weighted by molar-refractivity contribution is 7.10. The number of hydrogen-bond donors (Lipinski definition) is 1. The fourth-order valence-electron chi connectivity index (χ4n) is 3.46. The lowest BCUT2D eigenvalue weighted by Crippen LogP contribution is -2.44. The van der Waals surface area contributed by atoms with Gasteiger partial charge in [-0.05, 0) is 23.4 Å². The Labute approximate surface area is 167 Å². The lowest BCUT2D eigenvalue weighted by molar-refractivity contribution is 0.0906. The van der Waals surface area contributed by atoms with E-state index in [0.717, 1.165) is 38.6 Å². The maximum absolute atomic E-state index is 5.94. The Hall–Kier alpha value is -1.85. The number of thiophene rings is 1. The molecule has 1 atom stereocenters. The number of aliphatic imine (C=N–C) groups is 1. The molecule has 0 radical (unpaired) electrons. The lowest BCUT2D eigenvalue weighted by Gasteiger charge is -2.28. The van der Waals surface area contributed by atoms with Gasteiger partial charge in [0.25, 0.3) is 0 Å². The molecule has 0 saturated carbocycles. The summed E-state index contributed by atoms with van der Waals surface area (Å²) in [6.07, 6.45) is 1.16. The maximum Gasteiger partial charge on any atom is 0.193 e. The molecule has 1 aliphatic rings. The summed E-state index contributed by atoms with van der Waals surface area (Å²) in [7, 11) is 1.87. The topological polar surface area (TPSA) is 36.9 Å². The molecule has 1 saturated heterocycles. The van der Waals surface area contributed by atoms with E-state index < -0.39 is 0 Å². The minimum absolute atomic E-state index is 0.0992. The smallest absolute Gasteiger partial charge is 0.193 e. The largest absolute Gasteiger partial charge is 0.376 e. The Bertz CT molecular complexity index is 712. The summed E-state index contributed by atoms with van der Waals surface area (Å²) in [6.45, 7) is 8.99. The van der Waals surface area contributed by atoms with Crippen molar-refractivity contribution in [3.05, 3.63) is 58.3 Å². The molecule has 2 heterocycles. The van der Waals surface area contributed by atoms with Crippen molar-refractivity contribution in [1.29, 1.82) is 0 Å². The molecule has 27 heavy (non-hydrogen) atoms. The molecule has 1 N–H and O–H groups in total. The van der Waals surface area contributed by atoms with Crippen LogP contribution in [0.5, 0.6) is 0 Å². The Morgan fingerprint density at radius 1 is 1.26 bits per heavy atom. The number of rotatable bonds is 7. The SMILES string of the molecule is CN=C(NCC(C)(C)c1cccs1)N1CCC(COCc2ccccc2)C1. The van der Waals surface area contributed by atoms with Crippen molar-refractivity contribution in [3.63, 3.8) is 0 Å². The molecular weight excluding hydrogens is 354 g/mol. The predicted octanol–water partition coefficient (Wildman–Crippen LogP) is 4.14. The van der Waals surface area contributed by atoms with E-state index in [1.54, 1.807) is 0 Å². The third kappa shape index (κ3) is 5.56. The van der Waals surface area contributed by atoms with Crippen molar-refractivity contribution in [2.45, 2.75) is 32.3 Å². The standard InChI is InChI=1S/C22H31N3OS/c1-22(2,20-10-7-13-27-20)17-24-21(23-3)25-12-11-19(14-25)16-26-15-18-8-5-4-6-9-18/h4-10,13,19H,11-12,14-17H2,1-3H3,(H,23,24). The van der Waals surface area contributed by atoms with Gasteiger partial charge in [0.1, 0.15) is 0 Å². The number of nitrogens with zero attached hydrogens (tertiary/aromatic N) is 2. The summed E-state index contributed by atoms with van der Waals surface area (Å²) in [5.74, 6) is 1.57. The molecule has 1 fully saturated rings. The van der Waals surface area contributed by atoms with Gasteiger partial charge in [-0.25, -0.2) is 0 Å². The van der Waals surface area contributed by atoms with Gasteiger partial charge in [-0.3, -0.25) is 4.99 Å². The minimum Gasteiger partial charge on any atom is -0.376 e. The lowest BCUT2D eigenvalue weighted by atomic mass is 9.91. The molecule has 1 aromatic carbocycles. The average Bonchev–Trinajstić information content (AvgIpc) is 3.36. The second kappa shape index (κ2) is 9.38. The first-order valence-corrected chi connectivity index (χ1v) is 10.6. The summed E-state index contributed by atoms with van der Waals surface area (Å²) in [5, 5.41) is 5.73. The highest BCUT2D eigenvalue weighted by atomic mass is 32.1. The first-order valence-electron chi connectivity index (χ1n) is 9.70. The van der Waals surface area contributed by atoms with E-state index in [-0.39, 0.29) is 5.41 Å². The molecule has 2 aromatic rings. The molecule has 1 aromatic heterocycles. The molecule has 0 amide bonds. The molecule has 0 bridgehead atoms. The van der Waals surface area contributed by atoms with Gasteiger partial charge >= 0.3 is 0 Å². The highest BCUT2D eigenvalue weighted by Crippen LogP contribution is 2.27. The van der Waals surface area contributed by atoms with Crippen LogP contribution >= 0.6 is 11.3 Å². The van der Waals surface area contributed by atoms with Crippen LogP contribution in [-0.4, -0.2) is 44.1 Å². The Balaban J connectivity index is 1.44. The quantitative estimate of drug-likeness (QED) is 0.575. The van der Waals surface area contributed by atoms with Crippen molar-refractivity contribution in [2.24, 2.45) is 10.9 Å². The Morgan fingerprint density at radius 3 is 2.78 bits per heavy atom. The van der Waals surface area contributed by atoms with E-state index in [1.165, 1.54) is 10.4 Å². The van der Waals surface area contributed by atoms with Crippen molar-refractivity contribution in [3.8, 4) is 0 Å². The van der Waals surface area contributed by atoms with Crippen LogP contribution in [0.1, 0.15) is 30.7 Å². The summed E-state index contributed by atoms with van der Waals surface area (Å²) >= 11 is 1.82. The van der Waals surface area contributed by atoms with Crippen molar-refractivity contribution >= 4 is 17.3 Å². The fraction of sp³-hybridized carbons (Fsp3) is 0.500. The summed E-state index contributed by atoms with van der Waals surface area (Å²) in [4.78, 5) is 8.27. The van der Waals surface area contributed by atoms with Crippen LogP contribution in [-0.2, 0) is 16.8 Å². The average molecular weight is 386 g/mol.